The lowest BCUT2D eigenvalue weighted by Crippen LogP contribution is -2.29. The van der Waals surface area contributed by atoms with Crippen LogP contribution in [0, 0.1) is 11.8 Å². The summed E-state index contributed by atoms with van der Waals surface area (Å²) < 4.78 is 1.96. The minimum absolute atomic E-state index is 0.425. The summed E-state index contributed by atoms with van der Waals surface area (Å²) in [4.78, 5) is 0. The van der Waals surface area contributed by atoms with Gasteiger partial charge in [0.2, 0.25) is 0 Å². The van der Waals surface area contributed by atoms with Crippen LogP contribution in [0.5, 0.6) is 0 Å². The van der Waals surface area contributed by atoms with Gasteiger partial charge in [0.05, 0.1) is 12.6 Å². The van der Waals surface area contributed by atoms with Gasteiger partial charge in [-0.1, -0.05) is 26.7 Å². The quantitative estimate of drug-likeness (QED) is 0.843. The van der Waals surface area contributed by atoms with E-state index in [4.69, 9.17) is 5.73 Å². The zero-order valence-electron chi connectivity index (χ0n) is 10.1. The Bertz CT molecular complexity index is 333. The molecule has 0 spiro atoms. The van der Waals surface area contributed by atoms with Gasteiger partial charge in [-0.2, -0.15) is 0 Å². The SMILES string of the molecule is CC(C)C1CCCCC1n1nnnc1CN. The van der Waals surface area contributed by atoms with Crippen molar-refractivity contribution < 1.29 is 0 Å². The first-order valence-corrected chi connectivity index (χ1v) is 6.21. The summed E-state index contributed by atoms with van der Waals surface area (Å²) in [5, 5.41) is 11.8. The molecule has 1 aliphatic carbocycles. The van der Waals surface area contributed by atoms with Gasteiger partial charge in [0.25, 0.3) is 0 Å². The lowest BCUT2D eigenvalue weighted by molar-refractivity contribution is 0.167. The van der Waals surface area contributed by atoms with E-state index in [1.807, 2.05) is 4.68 Å². The zero-order valence-corrected chi connectivity index (χ0v) is 10.1. The second-order valence-corrected chi connectivity index (χ2v) is 5.00. The van der Waals surface area contributed by atoms with Crippen molar-refractivity contribution >= 4 is 0 Å². The number of hydrogen-bond donors (Lipinski definition) is 1. The van der Waals surface area contributed by atoms with Crippen LogP contribution in [0.4, 0.5) is 0 Å². The largest absolute Gasteiger partial charge is 0.324 e. The standard InChI is InChI=1S/C11H21N5/c1-8(2)9-5-3-4-6-10(9)16-11(7-12)13-14-15-16/h8-10H,3-7,12H2,1-2H3. The average Bonchev–Trinajstić information content (AvgIpc) is 2.76. The van der Waals surface area contributed by atoms with Crippen molar-refractivity contribution in [2.45, 2.75) is 52.1 Å². The first-order valence-electron chi connectivity index (χ1n) is 6.21. The fraction of sp³-hybridized carbons (Fsp3) is 0.909. The van der Waals surface area contributed by atoms with Gasteiger partial charge < -0.3 is 5.73 Å². The molecule has 2 unspecified atom stereocenters. The molecule has 0 bridgehead atoms. The van der Waals surface area contributed by atoms with Gasteiger partial charge in [0, 0.05) is 0 Å². The average molecular weight is 223 g/mol. The lowest BCUT2D eigenvalue weighted by atomic mass is 9.78. The molecule has 1 saturated carbocycles. The summed E-state index contributed by atoms with van der Waals surface area (Å²) in [5.74, 6) is 2.18. The molecule has 0 radical (unpaired) electrons. The Morgan fingerprint density at radius 2 is 2.12 bits per heavy atom. The third-order valence-electron chi connectivity index (χ3n) is 3.70. The molecule has 16 heavy (non-hydrogen) atoms. The summed E-state index contributed by atoms with van der Waals surface area (Å²) in [6.45, 7) is 5.00. The Morgan fingerprint density at radius 3 is 2.81 bits per heavy atom. The summed E-state index contributed by atoms with van der Waals surface area (Å²) in [5.41, 5.74) is 5.66. The summed E-state index contributed by atoms with van der Waals surface area (Å²) in [6, 6.07) is 0.447. The van der Waals surface area contributed by atoms with Crippen LogP contribution in [0.3, 0.4) is 0 Å². The molecule has 1 heterocycles. The van der Waals surface area contributed by atoms with E-state index in [1.165, 1.54) is 25.7 Å². The van der Waals surface area contributed by atoms with E-state index in [2.05, 4.69) is 29.4 Å². The molecule has 0 amide bonds. The fourth-order valence-electron chi connectivity index (χ4n) is 2.83. The van der Waals surface area contributed by atoms with E-state index in [-0.39, 0.29) is 0 Å². The predicted octanol–water partition coefficient (Wildman–Crippen LogP) is 1.52. The summed E-state index contributed by atoms with van der Waals surface area (Å²) in [6.07, 6.45) is 5.07. The maximum absolute atomic E-state index is 5.66. The van der Waals surface area contributed by atoms with Gasteiger partial charge in [0.1, 0.15) is 0 Å². The molecule has 2 N–H and O–H groups in total. The van der Waals surface area contributed by atoms with Crippen molar-refractivity contribution in [2.24, 2.45) is 17.6 Å². The number of nitrogens with two attached hydrogens (primary N) is 1. The smallest absolute Gasteiger partial charge is 0.165 e. The highest BCUT2D eigenvalue weighted by molar-refractivity contribution is 4.88. The highest BCUT2D eigenvalue weighted by atomic mass is 15.6. The molecule has 0 aromatic carbocycles. The van der Waals surface area contributed by atoms with E-state index < -0.39 is 0 Å². The van der Waals surface area contributed by atoms with E-state index in [0.29, 0.717) is 24.4 Å². The van der Waals surface area contributed by atoms with Crippen molar-refractivity contribution in [3.63, 3.8) is 0 Å². The molecule has 2 atom stereocenters. The van der Waals surface area contributed by atoms with Crippen molar-refractivity contribution in [1.29, 1.82) is 0 Å². The van der Waals surface area contributed by atoms with E-state index in [1.54, 1.807) is 0 Å². The molecule has 5 nitrogen and oxygen atoms in total. The summed E-state index contributed by atoms with van der Waals surface area (Å²) in [7, 11) is 0. The molecule has 1 fully saturated rings. The van der Waals surface area contributed by atoms with Gasteiger partial charge >= 0.3 is 0 Å². The van der Waals surface area contributed by atoms with Crippen molar-refractivity contribution in [1.82, 2.24) is 20.2 Å². The normalized spacial score (nSPS) is 26.2. The second kappa shape index (κ2) is 4.91. The van der Waals surface area contributed by atoms with Gasteiger partial charge in [-0.05, 0) is 35.1 Å². The molecule has 0 aliphatic heterocycles. The van der Waals surface area contributed by atoms with E-state index in [9.17, 15) is 0 Å². The molecule has 1 aromatic rings. The van der Waals surface area contributed by atoms with Crippen molar-refractivity contribution in [3.8, 4) is 0 Å². The van der Waals surface area contributed by atoms with Crippen LogP contribution < -0.4 is 5.73 Å². The Hall–Kier alpha value is -0.970. The first-order chi connectivity index (χ1) is 7.74. The third-order valence-corrected chi connectivity index (χ3v) is 3.70. The Kier molecular flexibility index (Phi) is 3.53. The van der Waals surface area contributed by atoms with Crippen LogP contribution in [0.25, 0.3) is 0 Å². The topological polar surface area (TPSA) is 69.6 Å². The van der Waals surface area contributed by atoms with E-state index in [0.717, 1.165) is 5.82 Å². The van der Waals surface area contributed by atoms with Gasteiger partial charge in [-0.3, -0.25) is 0 Å². The third kappa shape index (κ3) is 2.09. The Labute approximate surface area is 96.4 Å². The van der Waals surface area contributed by atoms with E-state index >= 15 is 0 Å². The Morgan fingerprint density at radius 1 is 1.38 bits per heavy atom. The molecule has 2 rings (SSSR count). The van der Waals surface area contributed by atoms with Crippen LogP contribution in [-0.2, 0) is 6.54 Å². The molecular formula is C11H21N5. The van der Waals surface area contributed by atoms with Crippen LogP contribution >= 0.6 is 0 Å². The molecule has 1 aromatic heterocycles. The zero-order chi connectivity index (χ0) is 11.5. The van der Waals surface area contributed by atoms with Crippen molar-refractivity contribution in [2.75, 3.05) is 0 Å². The maximum atomic E-state index is 5.66. The number of rotatable bonds is 3. The second-order valence-electron chi connectivity index (χ2n) is 5.00. The summed E-state index contributed by atoms with van der Waals surface area (Å²) >= 11 is 0. The monoisotopic (exact) mass is 223 g/mol. The maximum Gasteiger partial charge on any atom is 0.165 e. The number of nitrogens with zero attached hydrogens (tertiary/aromatic N) is 4. The van der Waals surface area contributed by atoms with Crippen LogP contribution in [0.1, 0.15) is 51.4 Å². The highest BCUT2D eigenvalue weighted by Gasteiger charge is 2.30. The van der Waals surface area contributed by atoms with Gasteiger partial charge in [-0.15, -0.1) is 5.10 Å². The van der Waals surface area contributed by atoms with Gasteiger partial charge in [-0.25, -0.2) is 4.68 Å². The van der Waals surface area contributed by atoms with Gasteiger partial charge in [0.15, 0.2) is 5.82 Å². The molecule has 5 heteroatoms. The van der Waals surface area contributed by atoms with Crippen molar-refractivity contribution in [3.05, 3.63) is 5.82 Å². The van der Waals surface area contributed by atoms with Crippen LogP contribution in [0.15, 0.2) is 0 Å². The number of aromatic nitrogens is 4. The minimum Gasteiger partial charge on any atom is -0.324 e. The number of tetrazole rings is 1. The van der Waals surface area contributed by atoms with Crippen LogP contribution in [0.2, 0.25) is 0 Å². The number of hydrogen-bond acceptors (Lipinski definition) is 4. The fourth-order valence-corrected chi connectivity index (χ4v) is 2.83. The van der Waals surface area contributed by atoms with Crippen LogP contribution in [-0.4, -0.2) is 20.2 Å². The Balaban J connectivity index is 2.23. The lowest BCUT2D eigenvalue weighted by Gasteiger charge is -2.34. The molecular weight excluding hydrogens is 202 g/mol. The molecule has 1 aliphatic rings. The first kappa shape index (κ1) is 11.5. The molecule has 90 valence electrons. The highest BCUT2D eigenvalue weighted by Crippen LogP contribution is 2.38. The minimum atomic E-state index is 0.425. The predicted molar refractivity (Wildman–Crippen MR) is 61.5 cm³/mol. The molecule has 0 saturated heterocycles.